The van der Waals surface area contributed by atoms with Crippen LogP contribution in [-0.2, 0) is 0 Å². The minimum absolute atomic E-state index is 0.629. The number of ether oxygens (including phenoxy) is 1. The normalized spacial score (nSPS) is 21.5. The number of allylic oxidation sites excluding steroid dienone is 4. The van der Waals surface area contributed by atoms with Gasteiger partial charge in [0.2, 0.25) is 3.79 Å². The third-order valence-corrected chi connectivity index (χ3v) is 4.44. The molecule has 0 heterocycles. The van der Waals surface area contributed by atoms with Gasteiger partial charge in [0.25, 0.3) is 0 Å². The van der Waals surface area contributed by atoms with Crippen molar-refractivity contribution < 1.29 is 4.74 Å². The van der Waals surface area contributed by atoms with Crippen molar-refractivity contribution in [1.29, 1.82) is 0 Å². The summed E-state index contributed by atoms with van der Waals surface area (Å²) in [6.45, 7) is 4.46. The molecule has 1 aromatic carbocycles. The highest BCUT2D eigenvalue weighted by molar-refractivity contribution is 6.68. The van der Waals surface area contributed by atoms with E-state index in [0.717, 1.165) is 17.1 Å². The predicted octanol–water partition coefficient (Wildman–Crippen LogP) is 5.66. The van der Waals surface area contributed by atoms with Gasteiger partial charge in [-0.3, -0.25) is 0 Å². The number of aliphatic imine (C=N–C) groups is 1. The minimum Gasteiger partial charge on any atom is -0.494 e. The first-order valence-electron chi connectivity index (χ1n) is 6.61. The van der Waals surface area contributed by atoms with E-state index in [1.807, 2.05) is 62.4 Å². The summed E-state index contributed by atoms with van der Waals surface area (Å²) in [5, 5.41) is 0. The number of benzene rings is 1. The highest BCUT2D eigenvalue weighted by Crippen LogP contribution is 2.47. The molecule has 0 aromatic heterocycles. The van der Waals surface area contributed by atoms with E-state index in [4.69, 9.17) is 39.5 Å². The first kappa shape index (κ1) is 16.4. The lowest BCUT2D eigenvalue weighted by Crippen LogP contribution is -2.29. The van der Waals surface area contributed by atoms with Crippen molar-refractivity contribution >= 4 is 46.2 Å². The third kappa shape index (κ3) is 4.03. The second kappa shape index (κ2) is 6.43. The van der Waals surface area contributed by atoms with Crippen molar-refractivity contribution in [1.82, 2.24) is 0 Å². The van der Waals surface area contributed by atoms with Gasteiger partial charge in [-0.2, -0.15) is 0 Å². The second-order valence-corrected chi connectivity index (χ2v) is 7.19. The molecule has 0 amide bonds. The van der Waals surface area contributed by atoms with Gasteiger partial charge in [-0.25, -0.2) is 4.99 Å². The smallest absolute Gasteiger partial charge is 0.202 e. The van der Waals surface area contributed by atoms with E-state index >= 15 is 0 Å². The van der Waals surface area contributed by atoms with Crippen molar-refractivity contribution in [2.45, 2.75) is 17.6 Å². The monoisotopic (exact) mass is 343 g/mol. The fourth-order valence-corrected chi connectivity index (χ4v) is 2.20. The summed E-state index contributed by atoms with van der Waals surface area (Å²) in [4.78, 5) is 4.53. The molecule has 2 nitrogen and oxygen atoms in total. The van der Waals surface area contributed by atoms with Crippen LogP contribution in [0.15, 0.2) is 53.6 Å². The van der Waals surface area contributed by atoms with Crippen LogP contribution in [0.2, 0.25) is 0 Å². The van der Waals surface area contributed by atoms with Crippen molar-refractivity contribution in [3.8, 4) is 5.75 Å². The molecule has 0 unspecified atom stereocenters. The number of nitrogens with zero attached hydrogens (tertiary/aromatic N) is 1. The van der Waals surface area contributed by atoms with Crippen molar-refractivity contribution in [3.05, 3.63) is 48.6 Å². The molecule has 0 saturated carbocycles. The number of rotatable bonds is 3. The summed E-state index contributed by atoms with van der Waals surface area (Å²) in [6, 6.07) is 7.60. The SMILES string of the molecule is CCOc1ccc(N=C2C=CC(C)(C(Cl)(Cl)Cl)C=C2)cc1. The number of alkyl halides is 3. The topological polar surface area (TPSA) is 21.6 Å². The molecule has 112 valence electrons. The second-order valence-electron chi connectivity index (χ2n) is 4.91. The molecular formula is C16H16Cl3NO. The first-order chi connectivity index (χ1) is 9.84. The molecule has 1 aliphatic rings. The fourth-order valence-electron chi connectivity index (χ4n) is 1.82. The van der Waals surface area contributed by atoms with E-state index < -0.39 is 9.21 Å². The van der Waals surface area contributed by atoms with Crippen molar-refractivity contribution in [3.63, 3.8) is 0 Å². The van der Waals surface area contributed by atoms with Crippen molar-refractivity contribution in [2.75, 3.05) is 6.61 Å². The quantitative estimate of drug-likeness (QED) is 0.648. The Hall–Kier alpha value is -0.960. The van der Waals surface area contributed by atoms with E-state index in [2.05, 4.69) is 4.99 Å². The number of halogens is 3. The number of hydrogen-bond donors (Lipinski definition) is 0. The van der Waals surface area contributed by atoms with E-state index in [-0.39, 0.29) is 0 Å². The Bertz CT molecular complexity index is 567. The predicted molar refractivity (Wildman–Crippen MR) is 91.4 cm³/mol. The van der Waals surface area contributed by atoms with Gasteiger partial charge >= 0.3 is 0 Å². The average molecular weight is 345 g/mol. The van der Waals surface area contributed by atoms with Crippen LogP contribution in [0.25, 0.3) is 0 Å². The Balaban J connectivity index is 2.14. The first-order valence-corrected chi connectivity index (χ1v) is 7.74. The highest BCUT2D eigenvalue weighted by Gasteiger charge is 2.41. The number of hydrogen-bond acceptors (Lipinski definition) is 2. The standard InChI is InChI=1S/C16H16Cl3NO/c1-3-21-14-6-4-12(5-7-14)20-13-8-10-15(2,11-9-13)16(17,18)19/h4-11H,3H2,1-2H3. The fraction of sp³-hybridized carbons (Fsp3) is 0.312. The van der Waals surface area contributed by atoms with Gasteiger partial charge in [0.15, 0.2) is 0 Å². The van der Waals surface area contributed by atoms with E-state index in [1.54, 1.807) is 0 Å². The maximum Gasteiger partial charge on any atom is 0.202 e. The minimum atomic E-state index is -1.38. The zero-order chi connectivity index (χ0) is 15.5. The Morgan fingerprint density at radius 2 is 1.67 bits per heavy atom. The largest absolute Gasteiger partial charge is 0.494 e. The van der Waals surface area contributed by atoms with Gasteiger partial charge in [0.1, 0.15) is 5.75 Å². The summed E-state index contributed by atoms with van der Waals surface area (Å²) < 4.78 is 4.01. The zero-order valence-electron chi connectivity index (χ0n) is 11.8. The Kier molecular flexibility index (Phi) is 5.03. The van der Waals surface area contributed by atoms with Crippen molar-refractivity contribution in [2.24, 2.45) is 10.4 Å². The molecule has 5 heteroatoms. The zero-order valence-corrected chi connectivity index (χ0v) is 14.1. The lowest BCUT2D eigenvalue weighted by atomic mass is 9.87. The summed E-state index contributed by atoms with van der Waals surface area (Å²) in [5.41, 5.74) is 1.03. The molecule has 1 aliphatic carbocycles. The Labute approximate surface area is 140 Å². The molecule has 21 heavy (non-hydrogen) atoms. The van der Waals surface area contributed by atoms with Crippen LogP contribution < -0.4 is 4.74 Å². The molecular weight excluding hydrogens is 329 g/mol. The van der Waals surface area contributed by atoms with Crippen LogP contribution in [0.3, 0.4) is 0 Å². The molecule has 0 atom stereocenters. The molecule has 0 bridgehead atoms. The lowest BCUT2D eigenvalue weighted by Gasteiger charge is -2.31. The van der Waals surface area contributed by atoms with E-state index in [0.29, 0.717) is 6.61 Å². The summed E-state index contributed by atoms with van der Waals surface area (Å²) in [5.74, 6) is 0.833. The van der Waals surface area contributed by atoms with Crippen LogP contribution in [0.4, 0.5) is 5.69 Å². The Morgan fingerprint density at radius 3 is 2.14 bits per heavy atom. The summed E-state index contributed by atoms with van der Waals surface area (Å²) >= 11 is 17.9. The summed E-state index contributed by atoms with van der Waals surface area (Å²) in [7, 11) is 0. The van der Waals surface area contributed by atoms with E-state index in [1.165, 1.54) is 0 Å². The van der Waals surface area contributed by atoms with Gasteiger partial charge in [0, 0.05) is 0 Å². The van der Waals surface area contributed by atoms with Gasteiger partial charge < -0.3 is 4.74 Å². The maximum absolute atomic E-state index is 5.98. The van der Waals surface area contributed by atoms with Gasteiger partial charge in [0.05, 0.1) is 23.4 Å². The van der Waals surface area contributed by atoms with E-state index in [9.17, 15) is 0 Å². The van der Waals surface area contributed by atoms with Gasteiger partial charge in [-0.1, -0.05) is 47.0 Å². The molecule has 1 aromatic rings. The molecule has 0 N–H and O–H groups in total. The Morgan fingerprint density at radius 1 is 1.10 bits per heavy atom. The molecule has 0 aliphatic heterocycles. The molecule has 0 saturated heterocycles. The summed E-state index contributed by atoms with van der Waals surface area (Å²) in [6.07, 6.45) is 7.43. The molecule has 2 rings (SSSR count). The van der Waals surface area contributed by atoms with Crippen LogP contribution >= 0.6 is 34.8 Å². The maximum atomic E-state index is 5.98. The van der Waals surface area contributed by atoms with Crippen LogP contribution in [0.1, 0.15) is 13.8 Å². The molecule has 0 fully saturated rings. The highest BCUT2D eigenvalue weighted by atomic mass is 35.6. The molecule has 0 spiro atoms. The third-order valence-electron chi connectivity index (χ3n) is 3.22. The van der Waals surface area contributed by atoms with Crippen LogP contribution in [0, 0.1) is 5.41 Å². The molecule has 0 radical (unpaired) electrons. The average Bonchev–Trinajstić information content (AvgIpc) is 2.43. The van der Waals surface area contributed by atoms with Gasteiger partial charge in [-0.15, -0.1) is 0 Å². The van der Waals surface area contributed by atoms with Gasteiger partial charge in [-0.05, 0) is 50.3 Å². The van der Waals surface area contributed by atoms with Crippen LogP contribution in [0.5, 0.6) is 5.75 Å². The van der Waals surface area contributed by atoms with Crippen LogP contribution in [-0.4, -0.2) is 16.1 Å². The lowest BCUT2D eigenvalue weighted by molar-refractivity contribution is 0.340.